The van der Waals surface area contributed by atoms with E-state index >= 15 is 0 Å². The van der Waals surface area contributed by atoms with Gasteiger partial charge in [0.15, 0.2) is 5.41 Å². The lowest BCUT2D eigenvalue weighted by Gasteiger charge is -2.36. The molecule has 2 nitrogen and oxygen atoms in total. The number of hydrogen-bond donors (Lipinski definition) is 0. The molecule has 154 valence electrons. The Kier molecular flexibility index (Phi) is 6.73. The van der Waals surface area contributed by atoms with Gasteiger partial charge in [-0.3, -0.25) is 4.79 Å². The number of esters is 1. The van der Waals surface area contributed by atoms with Gasteiger partial charge in [-0.25, -0.2) is 0 Å². The number of carbonyl (C=O) groups is 1. The van der Waals surface area contributed by atoms with Crippen LogP contribution in [0, 0.1) is 28.6 Å². The van der Waals surface area contributed by atoms with Gasteiger partial charge in [-0.05, 0) is 50.9 Å². The van der Waals surface area contributed by atoms with Crippen molar-refractivity contribution in [2.24, 2.45) is 28.6 Å². The zero-order valence-electron chi connectivity index (χ0n) is 15.9. The van der Waals surface area contributed by atoms with E-state index in [0.29, 0.717) is 12.3 Å². The Morgan fingerprint density at radius 1 is 1.08 bits per heavy atom. The quantitative estimate of drug-likeness (QED) is 0.427. The highest BCUT2D eigenvalue weighted by Crippen LogP contribution is 2.57. The average Bonchev–Trinajstić information content (AvgIpc) is 3.01. The fraction of sp³-hybridized carbons (Fsp3) is 0.944. The van der Waals surface area contributed by atoms with Crippen LogP contribution in [0.4, 0.5) is 26.3 Å². The van der Waals surface area contributed by atoms with Crippen LogP contribution in [0.3, 0.4) is 0 Å². The van der Waals surface area contributed by atoms with Gasteiger partial charge in [-0.15, -0.1) is 0 Å². The molecule has 2 fully saturated rings. The number of hydrogen-bond acceptors (Lipinski definition) is 2. The largest absolute Gasteiger partial charge is 0.464 e. The molecule has 2 saturated carbocycles. The van der Waals surface area contributed by atoms with Crippen LogP contribution < -0.4 is 0 Å². The van der Waals surface area contributed by atoms with Gasteiger partial charge in [0, 0.05) is 0 Å². The molecule has 2 aliphatic rings. The Morgan fingerprint density at radius 3 is 1.85 bits per heavy atom. The van der Waals surface area contributed by atoms with E-state index in [-0.39, 0.29) is 12.8 Å². The van der Waals surface area contributed by atoms with Gasteiger partial charge >= 0.3 is 18.3 Å². The van der Waals surface area contributed by atoms with Crippen molar-refractivity contribution in [2.75, 3.05) is 6.61 Å². The fourth-order valence-electron chi connectivity index (χ4n) is 3.55. The van der Waals surface area contributed by atoms with Crippen LogP contribution in [-0.4, -0.2) is 24.9 Å². The lowest BCUT2D eigenvalue weighted by molar-refractivity contribution is -0.343. The van der Waals surface area contributed by atoms with Crippen molar-refractivity contribution in [1.29, 1.82) is 0 Å². The number of ether oxygens (including phenoxy) is 1. The van der Waals surface area contributed by atoms with Crippen LogP contribution in [0.1, 0.15) is 60.3 Å². The summed E-state index contributed by atoms with van der Waals surface area (Å²) >= 11 is 0. The summed E-state index contributed by atoms with van der Waals surface area (Å²) in [7, 11) is 0. The molecule has 0 aromatic heterocycles. The molecule has 3 atom stereocenters. The molecule has 2 rings (SSSR count). The maximum atomic E-state index is 12.8. The van der Waals surface area contributed by atoms with E-state index in [1.807, 2.05) is 0 Å². The Labute approximate surface area is 150 Å². The number of fused-ring (bicyclic) bond motifs is 2. The predicted molar refractivity (Wildman–Crippen MR) is 85.2 cm³/mol. The fourth-order valence-corrected chi connectivity index (χ4v) is 3.55. The van der Waals surface area contributed by atoms with E-state index in [9.17, 15) is 31.1 Å². The summed E-state index contributed by atoms with van der Waals surface area (Å²) in [6.45, 7) is 6.37. The predicted octanol–water partition coefficient (Wildman–Crippen LogP) is 6.15. The van der Waals surface area contributed by atoms with Crippen molar-refractivity contribution in [2.45, 2.75) is 72.7 Å². The van der Waals surface area contributed by atoms with Crippen molar-refractivity contribution in [1.82, 2.24) is 0 Å². The summed E-state index contributed by atoms with van der Waals surface area (Å²) in [4.78, 5) is 12.1. The van der Waals surface area contributed by atoms with E-state index in [2.05, 4.69) is 25.5 Å². The zero-order chi connectivity index (χ0) is 20.6. The highest BCUT2D eigenvalue weighted by atomic mass is 19.4. The lowest BCUT2D eigenvalue weighted by Crippen LogP contribution is -2.52. The van der Waals surface area contributed by atoms with Crippen LogP contribution in [0.5, 0.6) is 0 Å². The van der Waals surface area contributed by atoms with Crippen molar-refractivity contribution in [3.8, 4) is 0 Å². The summed E-state index contributed by atoms with van der Waals surface area (Å²) < 4.78 is 81.1. The molecule has 0 radical (unpaired) electrons. The summed E-state index contributed by atoms with van der Waals surface area (Å²) in [5.41, 5.74) is -5.01. The Morgan fingerprint density at radius 2 is 1.54 bits per heavy atom. The van der Waals surface area contributed by atoms with E-state index < -0.39 is 35.8 Å². The molecule has 0 aromatic carbocycles. The van der Waals surface area contributed by atoms with Gasteiger partial charge in [0.2, 0.25) is 0 Å². The Balaban J connectivity index is 0.000000765. The van der Waals surface area contributed by atoms with Gasteiger partial charge in [-0.1, -0.05) is 27.2 Å². The van der Waals surface area contributed by atoms with Crippen LogP contribution in [0.25, 0.3) is 0 Å². The number of halogens is 6. The van der Waals surface area contributed by atoms with Gasteiger partial charge < -0.3 is 4.74 Å². The molecule has 0 saturated heterocycles. The molecule has 8 heteroatoms. The van der Waals surface area contributed by atoms with Crippen LogP contribution in [0.15, 0.2) is 0 Å². The topological polar surface area (TPSA) is 26.3 Å². The Hall–Kier alpha value is -0.950. The highest BCUT2D eigenvalue weighted by molar-refractivity contribution is 5.77. The molecule has 3 unspecified atom stereocenters. The van der Waals surface area contributed by atoms with Gasteiger partial charge in [0.05, 0.1) is 5.41 Å². The van der Waals surface area contributed by atoms with Crippen LogP contribution in [0.2, 0.25) is 0 Å². The monoisotopic (exact) mass is 390 g/mol. The van der Waals surface area contributed by atoms with Crippen molar-refractivity contribution >= 4 is 5.97 Å². The van der Waals surface area contributed by atoms with Crippen molar-refractivity contribution < 1.29 is 35.9 Å². The lowest BCUT2D eigenvalue weighted by atomic mass is 9.75. The first-order valence-corrected chi connectivity index (χ1v) is 8.85. The molecular weight excluding hydrogens is 362 g/mol. The van der Waals surface area contributed by atoms with E-state index in [1.165, 1.54) is 0 Å². The molecule has 0 amide bonds. The summed E-state index contributed by atoms with van der Waals surface area (Å²) in [5.74, 6) is 0.201. The summed E-state index contributed by atoms with van der Waals surface area (Å²) in [5, 5.41) is 0. The third-order valence-electron chi connectivity index (χ3n) is 5.36. The molecule has 0 heterocycles. The van der Waals surface area contributed by atoms with E-state index in [1.54, 1.807) is 6.92 Å². The second-order valence-electron chi connectivity index (χ2n) is 8.63. The minimum absolute atomic E-state index is 0.00645. The van der Waals surface area contributed by atoms with Gasteiger partial charge in [0.25, 0.3) is 0 Å². The number of alkyl halides is 6. The third kappa shape index (κ3) is 4.66. The number of carbonyl (C=O) groups excluding carboxylic acids is 1. The molecule has 0 N–H and O–H groups in total. The minimum atomic E-state index is -5.54. The van der Waals surface area contributed by atoms with Crippen molar-refractivity contribution in [3.05, 3.63) is 0 Å². The van der Waals surface area contributed by atoms with E-state index in [4.69, 9.17) is 0 Å². The van der Waals surface area contributed by atoms with Gasteiger partial charge in [0.1, 0.15) is 6.61 Å². The third-order valence-corrected chi connectivity index (χ3v) is 5.36. The van der Waals surface area contributed by atoms with Crippen LogP contribution in [-0.2, 0) is 9.53 Å². The minimum Gasteiger partial charge on any atom is -0.464 e. The maximum absolute atomic E-state index is 12.8. The van der Waals surface area contributed by atoms with Crippen LogP contribution >= 0.6 is 0 Å². The molecule has 0 aliphatic heterocycles. The van der Waals surface area contributed by atoms with Crippen molar-refractivity contribution in [3.63, 3.8) is 0 Å². The molecule has 0 aromatic rings. The molecule has 0 spiro atoms. The smallest absolute Gasteiger partial charge is 0.406 e. The summed E-state index contributed by atoms with van der Waals surface area (Å²) in [6, 6.07) is 0. The Bertz CT molecular complexity index is 480. The SMILES string of the molecule is CC(C)C.CC1(C(=O)OCC(C)(C(F)(F)F)C(F)(F)F)CC2CCC1C2. The highest BCUT2D eigenvalue weighted by Gasteiger charge is 2.68. The average molecular weight is 390 g/mol. The maximum Gasteiger partial charge on any atom is 0.406 e. The molecular formula is C18H28F6O2. The molecule has 2 bridgehead atoms. The first-order chi connectivity index (χ1) is 11.5. The first-order valence-electron chi connectivity index (χ1n) is 8.85. The summed E-state index contributed by atoms with van der Waals surface area (Å²) in [6.07, 6.45) is -8.09. The second kappa shape index (κ2) is 7.58. The van der Waals surface area contributed by atoms with Gasteiger partial charge in [-0.2, -0.15) is 26.3 Å². The number of rotatable bonds is 3. The second-order valence-corrected chi connectivity index (χ2v) is 8.63. The molecule has 26 heavy (non-hydrogen) atoms. The normalized spacial score (nSPS) is 28.8. The first kappa shape index (κ1) is 23.1. The zero-order valence-corrected chi connectivity index (χ0v) is 15.9. The van der Waals surface area contributed by atoms with E-state index in [0.717, 1.165) is 25.2 Å². The molecule has 2 aliphatic carbocycles. The standard InChI is InChI=1S/C14H18F6O2.C4H10/c1-11(6-8-3-4-9(11)5-8)10(21)22-7-12(2,13(15,16)17)14(18,19)20;1-4(2)3/h8-9H,3-7H2,1-2H3;4H,1-3H3.